The van der Waals surface area contributed by atoms with Gasteiger partial charge in [-0.1, -0.05) is 30.3 Å². The van der Waals surface area contributed by atoms with Crippen molar-refractivity contribution in [3.63, 3.8) is 0 Å². The number of benzene rings is 2. The quantitative estimate of drug-likeness (QED) is 0.534. The van der Waals surface area contributed by atoms with Crippen LogP contribution < -0.4 is 4.74 Å². The van der Waals surface area contributed by atoms with E-state index in [0.29, 0.717) is 16.9 Å². The van der Waals surface area contributed by atoms with Crippen LogP contribution in [0.2, 0.25) is 0 Å². The fourth-order valence-corrected chi connectivity index (χ4v) is 2.20. The molecule has 2 aromatic rings. The van der Waals surface area contributed by atoms with Gasteiger partial charge in [0.25, 0.3) is 0 Å². The Kier molecular flexibility index (Phi) is 4.84. The molecule has 114 valence electrons. The van der Waals surface area contributed by atoms with E-state index >= 15 is 0 Å². The molecular formula is C18H18O4. The van der Waals surface area contributed by atoms with Gasteiger partial charge in [0, 0.05) is 0 Å². The number of carbonyl (C=O) groups is 1. The molecular weight excluding hydrogens is 280 g/mol. The molecule has 4 nitrogen and oxygen atoms in total. The Hall–Kier alpha value is -2.75. The van der Waals surface area contributed by atoms with Crippen molar-refractivity contribution in [2.24, 2.45) is 0 Å². The van der Waals surface area contributed by atoms with Crippen LogP contribution in [0.3, 0.4) is 0 Å². The Morgan fingerprint density at radius 3 is 2.45 bits per heavy atom. The highest BCUT2D eigenvalue weighted by atomic mass is 16.5. The molecule has 0 aromatic heterocycles. The first-order valence-electron chi connectivity index (χ1n) is 6.80. The van der Waals surface area contributed by atoms with Crippen molar-refractivity contribution in [1.82, 2.24) is 0 Å². The van der Waals surface area contributed by atoms with Gasteiger partial charge in [0.2, 0.25) is 0 Å². The molecule has 0 spiro atoms. The molecule has 1 N–H and O–H groups in total. The van der Waals surface area contributed by atoms with Crippen LogP contribution in [0.4, 0.5) is 0 Å². The summed E-state index contributed by atoms with van der Waals surface area (Å²) in [7, 11) is 2.83. The van der Waals surface area contributed by atoms with Crippen molar-refractivity contribution in [2.75, 3.05) is 14.2 Å². The standard InChI is InChI=1S/C18H18O4/c1-12-6-4-5-7-14(12)15(18(20)22-3)10-13-8-9-17(21-2)16(19)11-13/h4-11,19H,1-3H3. The SMILES string of the molecule is COC(=O)C(=Cc1ccc(OC)c(O)c1)c1ccccc1C. The normalized spacial score (nSPS) is 11.1. The summed E-state index contributed by atoms with van der Waals surface area (Å²) in [5.74, 6) is -0.0254. The fourth-order valence-electron chi connectivity index (χ4n) is 2.20. The number of hydrogen-bond donors (Lipinski definition) is 1. The van der Waals surface area contributed by atoms with Crippen molar-refractivity contribution >= 4 is 17.6 Å². The Balaban J connectivity index is 2.53. The second-order valence-electron chi connectivity index (χ2n) is 4.80. The number of hydrogen-bond acceptors (Lipinski definition) is 4. The summed E-state index contributed by atoms with van der Waals surface area (Å²) in [6.45, 7) is 1.93. The maximum atomic E-state index is 12.1. The zero-order valence-electron chi connectivity index (χ0n) is 12.8. The van der Waals surface area contributed by atoms with E-state index < -0.39 is 5.97 Å². The van der Waals surface area contributed by atoms with Gasteiger partial charge in [0.1, 0.15) is 0 Å². The monoisotopic (exact) mass is 298 g/mol. The van der Waals surface area contributed by atoms with E-state index in [1.807, 2.05) is 31.2 Å². The zero-order valence-corrected chi connectivity index (χ0v) is 12.8. The van der Waals surface area contributed by atoms with Gasteiger partial charge < -0.3 is 14.6 Å². The van der Waals surface area contributed by atoms with E-state index in [0.717, 1.165) is 11.1 Å². The molecule has 2 rings (SSSR count). The Bertz CT molecular complexity index is 717. The number of methoxy groups -OCH3 is 2. The minimum absolute atomic E-state index is 0.0187. The number of ether oxygens (including phenoxy) is 2. The molecule has 0 saturated heterocycles. The van der Waals surface area contributed by atoms with Crippen LogP contribution in [0.15, 0.2) is 42.5 Å². The van der Waals surface area contributed by atoms with Crippen LogP contribution in [0.1, 0.15) is 16.7 Å². The highest BCUT2D eigenvalue weighted by Gasteiger charge is 2.14. The fraction of sp³-hybridized carbons (Fsp3) is 0.167. The van der Waals surface area contributed by atoms with E-state index in [1.54, 1.807) is 24.3 Å². The van der Waals surface area contributed by atoms with Crippen LogP contribution in [0.5, 0.6) is 11.5 Å². The molecule has 4 heteroatoms. The number of phenolic OH excluding ortho intramolecular Hbond substituents is 1. The van der Waals surface area contributed by atoms with Crippen molar-refractivity contribution in [1.29, 1.82) is 0 Å². The molecule has 2 aromatic carbocycles. The van der Waals surface area contributed by atoms with Crippen molar-refractivity contribution in [3.8, 4) is 11.5 Å². The summed E-state index contributed by atoms with van der Waals surface area (Å²) >= 11 is 0. The van der Waals surface area contributed by atoms with Crippen LogP contribution >= 0.6 is 0 Å². The molecule has 22 heavy (non-hydrogen) atoms. The van der Waals surface area contributed by atoms with Crippen LogP contribution in [-0.4, -0.2) is 25.3 Å². The molecule has 0 aliphatic carbocycles. The number of esters is 1. The van der Waals surface area contributed by atoms with Crippen LogP contribution in [-0.2, 0) is 9.53 Å². The lowest BCUT2D eigenvalue weighted by Crippen LogP contribution is -2.05. The van der Waals surface area contributed by atoms with Gasteiger partial charge in [-0.15, -0.1) is 0 Å². The molecule has 0 radical (unpaired) electrons. The number of carbonyl (C=O) groups excluding carboxylic acids is 1. The number of phenols is 1. The third kappa shape index (κ3) is 3.28. The van der Waals surface area contributed by atoms with Crippen molar-refractivity contribution in [2.45, 2.75) is 6.92 Å². The van der Waals surface area contributed by atoms with E-state index in [1.165, 1.54) is 14.2 Å². The molecule has 0 amide bonds. The highest BCUT2D eigenvalue weighted by Crippen LogP contribution is 2.29. The molecule has 0 heterocycles. The van der Waals surface area contributed by atoms with Crippen LogP contribution in [0, 0.1) is 6.92 Å². The van der Waals surface area contributed by atoms with E-state index in [-0.39, 0.29) is 5.75 Å². The summed E-state index contributed by atoms with van der Waals surface area (Å²) in [6.07, 6.45) is 1.69. The summed E-state index contributed by atoms with van der Waals surface area (Å²) in [5, 5.41) is 9.85. The predicted molar refractivity (Wildman–Crippen MR) is 85.7 cm³/mol. The van der Waals surface area contributed by atoms with E-state index in [2.05, 4.69) is 0 Å². The maximum Gasteiger partial charge on any atom is 0.338 e. The van der Waals surface area contributed by atoms with Gasteiger partial charge in [0.05, 0.1) is 19.8 Å². The smallest absolute Gasteiger partial charge is 0.338 e. The van der Waals surface area contributed by atoms with Gasteiger partial charge in [0.15, 0.2) is 11.5 Å². The zero-order chi connectivity index (χ0) is 16.1. The lowest BCUT2D eigenvalue weighted by Gasteiger charge is -2.10. The van der Waals surface area contributed by atoms with E-state index in [9.17, 15) is 9.90 Å². The van der Waals surface area contributed by atoms with Gasteiger partial charge in [-0.05, 0) is 41.8 Å². The molecule has 0 bridgehead atoms. The lowest BCUT2D eigenvalue weighted by atomic mass is 9.98. The number of aryl methyl sites for hydroxylation is 1. The summed E-state index contributed by atoms with van der Waals surface area (Å²) in [5.41, 5.74) is 2.88. The predicted octanol–water partition coefficient (Wildman–Crippen LogP) is 3.42. The van der Waals surface area contributed by atoms with Crippen molar-refractivity contribution in [3.05, 3.63) is 59.2 Å². The lowest BCUT2D eigenvalue weighted by molar-refractivity contribution is -0.133. The molecule has 0 aliphatic rings. The van der Waals surface area contributed by atoms with Gasteiger partial charge >= 0.3 is 5.97 Å². The Morgan fingerprint density at radius 1 is 1.14 bits per heavy atom. The number of aromatic hydroxyl groups is 1. The van der Waals surface area contributed by atoms with Crippen molar-refractivity contribution < 1.29 is 19.4 Å². The summed E-state index contributed by atoms with van der Waals surface area (Å²) < 4.78 is 9.89. The molecule has 0 unspecified atom stereocenters. The van der Waals surface area contributed by atoms with Gasteiger partial charge in [-0.3, -0.25) is 0 Å². The highest BCUT2D eigenvalue weighted by molar-refractivity contribution is 6.21. The third-order valence-electron chi connectivity index (χ3n) is 3.35. The van der Waals surface area contributed by atoms with Gasteiger partial charge in [-0.25, -0.2) is 4.79 Å². The summed E-state index contributed by atoms with van der Waals surface area (Å²) in [6, 6.07) is 12.5. The average molecular weight is 298 g/mol. The first kappa shape index (κ1) is 15.6. The third-order valence-corrected chi connectivity index (χ3v) is 3.35. The minimum atomic E-state index is -0.426. The first-order chi connectivity index (χ1) is 10.6. The van der Waals surface area contributed by atoms with E-state index in [4.69, 9.17) is 9.47 Å². The Labute approximate surface area is 129 Å². The molecule has 0 fully saturated rings. The number of rotatable bonds is 4. The summed E-state index contributed by atoms with van der Waals surface area (Å²) in [4.78, 5) is 12.1. The second kappa shape index (κ2) is 6.80. The average Bonchev–Trinajstić information content (AvgIpc) is 2.53. The molecule has 0 atom stereocenters. The molecule has 0 saturated carbocycles. The second-order valence-corrected chi connectivity index (χ2v) is 4.80. The topological polar surface area (TPSA) is 55.8 Å². The van der Waals surface area contributed by atoms with Crippen LogP contribution in [0.25, 0.3) is 11.6 Å². The largest absolute Gasteiger partial charge is 0.504 e. The maximum absolute atomic E-state index is 12.1. The van der Waals surface area contributed by atoms with Gasteiger partial charge in [-0.2, -0.15) is 0 Å². The first-order valence-corrected chi connectivity index (χ1v) is 6.80. The molecule has 0 aliphatic heterocycles. The minimum Gasteiger partial charge on any atom is -0.504 e. The Morgan fingerprint density at radius 2 is 1.86 bits per heavy atom.